The van der Waals surface area contributed by atoms with Crippen LogP contribution in [0.15, 0.2) is 29.4 Å². The van der Waals surface area contributed by atoms with Crippen molar-refractivity contribution >= 4 is 46.9 Å². The highest BCUT2D eigenvalue weighted by atomic mass is 19.4. The molecular weight excluding hydrogens is 551 g/mol. The molecule has 2 atom stereocenters. The first-order valence-electron chi connectivity index (χ1n) is 13.8. The summed E-state index contributed by atoms with van der Waals surface area (Å²) in [4.78, 5) is 43.2. The summed E-state index contributed by atoms with van der Waals surface area (Å²) < 4.78 is 46.4. The molecule has 0 aliphatic carbocycles. The zero-order chi connectivity index (χ0) is 30.4. The third-order valence-electron chi connectivity index (χ3n) is 7.45. The number of amides is 2. The van der Waals surface area contributed by atoms with E-state index in [4.69, 9.17) is 9.73 Å². The van der Waals surface area contributed by atoms with Crippen LogP contribution < -0.4 is 15.5 Å². The van der Waals surface area contributed by atoms with Crippen molar-refractivity contribution in [2.75, 3.05) is 42.2 Å². The maximum atomic E-state index is 13.7. The molecule has 0 spiro atoms. The molecule has 0 saturated carbocycles. The first kappa shape index (κ1) is 29.3. The number of anilines is 3. The average molecular weight is 586 g/mol. The SMILES string of the molecule is CNc1ncc2c(n1)N1CCN=C1C(c1cc(NC(=O)C3CC(C(F)(F)F)CCN3C(=O)OC(C)(C)C)ccc1C)=C2. The summed E-state index contributed by atoms with van der Waals surface area (Å²) in [5, 5.41) is 5.71. The number of nitrogens with zero attached hydrogens (tertiary/aromatic N) is 5. The lowest BCUT2D eigenvalue weighted by Crippen LogP contribution is -2.54. The fourth-order valence-corrected chi connectivity index (χ4v) is 5.39. The van der Waals surface area contributed by atoms with E-state index in [2.05, 4.69) is 20.6 Å². The molecule has 2 amide bonds. The summed E-state index contributed by atoms with van der Waals surface area (Å²) >= 11 is 0. The van der Waals surface area contributed by atoms with Crippen LogP contribution in [0.3, 0.4) is 0 Å². The van der Waals surface area contributed by atoms with Gasteiger partial charge < -0.3 is 20.3 Å². The lowest BCUT2D eigenvalue weighted by Gasteiger charge is -2.39. The van der Waals surface area contributed by atoms with Crippen LogP contribution in [0.5, 0.6) is 0 Å². The second-order valence-corrected chi connectivity index (χ2v) is 11.6. The van der Waals surface area contributed by atoms with Crippen molar-refractivity contribution in [3.05, 3.63) is 41.1 Å². The molecule has 4 heterocycles. The number of hydrogen-bond acceptors (Lipinski definition) is 8. The van der Waals surface area contributed by atoms with Gasteiger partial charge in [0.05, 0.1) is 12.5 Å². The van der Waals surface area contributed by atoms with E-state index in [1.165, 1.54) is 0 Å². The quantitative estimate of drug-likeness (QED) is 0.513. The minimum Gasteiger partial charge on any atom is -0.444 e. The Kier molecular flexibility index (Phi) is 7.62. The van der Waals surface area contributed by atoms with Crippen molar-refractivity contribution in [3.63, 3.8) is 0 Å². The van der Waals surface area contributed by atoms with Gasteiger partial charge in [-0.2, -0.15) is 18.2 Å². The van der Waals surface area contributed by atoms with Crippen LogP contribution in [0.2, 0.25) is 0 Å². The van der Waals surface area contributed by atoms with E-state index >= 15 is 0 Å². The molecule has 2 unspecified atom stereocenters. The highest BCUT2D eigenvalue weighted by Gasteiger charge is 2.48. The van der Waals surface area contributed by atoms with E-state index in [1.807, 2.05) is 24.0 Å². The lowest BCUT2D eigenvalue weighted by molar-refractivity contribution is -0.189. The topological polar surface area (TPSA) is 112 Å². The van der Waals surface area contributed by atoms with Crippen molar-refractivity contribution in [1.29, 1.82) is 0 Å². The van der Waals surface area contributed by atoms with Gasteiger partial charge in [0.15, 0.2) is 0 Å². The second-order valence-electron chi connectivity index (χ2n) is 11.6. The number of fused-ring (bicyclic) bond motifs is 3. The van der Waals surface area contributed by atoms with Crippen LogP contribution in [0, 0.1) is 12.8 Å². The molecule has 1 fully saturated rings. The number of ether oxygens (including phenoxy) is 1. The van der Waals surface area contributed by atoms with Gasteiger partial charge >= 0.3 is 12.3 Å². The molecule has 13 heteroatoms. The predicted molar refractivity (Wildman–Crippen MR) is 154 cm³/mol. The highest BCUT2D eigenvalue weighted by Crippen LogP contribution is 2.39. The summed E-state index contributed by atoms with van der Waals surface area (Å²) in [6.45, 7) is 7.91. The summed E-state index contributed by atoms with van der Waals surface area (Å²) in [5.41, 5.74) is 2.86. The maximum absolute atomic E-state index is 13.7. The lowest BCUT2D eigenvalue weighted by atomic mass is 9.90. The van der Waals surface area contributed by atoms with Crippen LogP contribution in [0.4, 0.5) is 35.4 Å². The summed E-state index contributed by atoms with van der Waals surface area (Å²) in [6.07, 6.45) is -2.46. The fourth-order valence-electron chi connectivity index (χ4n) is 5.39. The Morgan fingerprint density at radius 3 is 2.60 bits per heavy atom. The zero-order valence-corrected chi connectivity index (χ0v) is 24.2. The Morgan fingerprint density at radius 2 is 1.90 bits per heavy atom. The number of aliphatic imine (C=N–C) groups is 1. The number of piperidine rings is 1. The summed E-state index contributed by atoms with van der Waals surface area (Å²) in [5.74, 6) is -0.430. The molecule has 0 radical (unpaired) electrons. The first-order valence-corrected chi connectivity index (χ1v) is 13.8. The Bertz CT molecular complexity index is 1470. The number of hydrogen-bond donors (Lipinski definition) is 2. The maximum Gasteiger partial charge on any atom is 0.410 e. The monoisotopic (exact) mass is 585 g/mol. The number of benzene rings is 1. The molecule has 1 saturated heterocycles. The molecule has 42 heavy (non-hydrogen) atoms. The Balaban J connectivity index is 1.44. The van der Waals surface area contributed by atoms with Gasteiger partial charge in [-0.05, 0) is 69.9 Å². The average Bonchev–Trinajstić information content (AvgIpc) is 3.42. The number of likely N-dealkylation sites (tertiary alicyclic amines) is 1. The van der Waals surface area contributed by atoms with Crippen LogP contribution in [-0.4, -0.2) is 77.2 Å². The standard InChI is InChI=1S/C29H34F3N7O3/c1-16-6-7-19(14-20(16)21-12-17-15-35-26(33-5)37-23(17)39-11-9-34-24(21)39)36-25(40)22-13-18(29(30,31)32)8-10-38(22)27(41)42-28(2,3)4/h6-7,12,14-15,18,22H,8-11,13H2,1-5H3,(H,36,40)(H,33,35,37). The number of carbonyl (C=O) groups is 2. The van der Waals surface area contributed by atoms with E-state index in [0.29, 0.717) is 24.7 Å². The summed E-state index contributed by atoms with van der Waals surface area (Å²) in [7, 11) is 1.75. The number of amidine groups is 1. The smallest absolute Gasteiger partial charge is 0.410 e. The Hall–Kier alpha value is -4.16. The van der Waals surface area contributed by atoms with E-state index in [0.717, 1.165) is 38.8 Å². The van der Waals surface area contributed by atoms with E-state index in [9.17, 15) is 22.8 Å². The number of aryl methyl sites for hydroxylation is 1. The number of alkyl halides is 3. The van der Waals surface area contributed by atoms with Crippen LogP contribution >= 0.6 is 0 Å². The highest BCUT2D eigenvalue weighted by molar-refractivity contribution is 6.36. The molecule has 10 nitrogen and oxygen atoms in total. The molecule has 0 bridgehead atoms. The van der Waals surface area contributed by atoms with Gasteiger partial charge in [-0.3, -0.25) is 14.7 Å². The van der Waals surface area contributed by atoms with E-state index in [-0.39, 0.29) is 13.0 Å². The fraction of sp³-hybridized carbons (Fsp3) is 0.483. The molecule has 1 aromatic heterocycles. The van der Waals surface area contributed by atoms with Gasteiger partial charge in [0, 0.05) is 43.2 Å². The van der Waals surface area contributed by atoms with Gasteiger partial charge in [0.1, 0.15) is 23.3 Å². The Morgan fingerprint density at radius 1 is 1.14 bits per heavy atom. The van der Waals surface area contributed by atoms with Crippen molar-refractivity contribution in [2.24, 2.45) is 10.9 Å². The molecule has 3 aliphatic rings. The number of nitrogens with one attached hydrogen (secondary N) is 2. The van der Waals surface area contributed by atoms with Crippen molar-refractivity contribution in [1.82, 2.24) is 14.9 Å². The molecular formula is C29H34F3N7O3. The van der Waals surface area contributed by atoms with Crippen LogP contribution in [0.25, 0.3) is 11.6 Å². The minimum atomic E-state index is -4.48. The van der Waals surface area contributed by atoms with Crippen LogP contribution in [-0.2, 0) is 9.53 Å². The van der Waals surface area contributed by atoms with Crippen molar-refractivity contribution < 1.29 is 27.5 Å². The molecule has 5 rings (SSSR count). The number of aromatic nitrogens is 2. The first-order chi connectivity index (χ1) is 19.7. The van der Waals surface area contributed by atoms with Gasteiger partial charge in [-0.25, -0.2) is 9.78 Å². The third-order valence-corrected chi connectivity index (χ3v) is 7.45. The Labute approximate surface area is 242 Å². The third kappa shape index (κ3) is 5.90. The molecule has 1 aromatic carbocycles. The van der Waals surface area contributed by atoms with Gasteiger partial charge in [-0.15, -0.1) is 0 Å². The van der Waals surface area contributed by atoms with Gasteiger partial charge in [0.25, 0.3) is 0 Å². The van der Waals surface area contributed by atoms with Crippen LogP contribution in [0.1, 0.15) is 50.3 Å². The second kappa shape index (κ2) is 10.9. The zero-order valence-electron chi connectivity index (χ0n) is 24.2. The summed E-state index contributed by atoms with van der Waals surface area (Å²) in [6, 6.07) is 3.94. The molecule has 224 valence electrons. The molecule has 2 N–H and O–H groups in total. The van der Waals surface area contributed by atoms with E-state index < -0.39 is 42.2 Å². The number of halogens is 3. The molecule has 2 aromatic rings. The predicted octanol–water partition coefficient (Wildman–Crippen LogP) is 5.12. The molecule has 3 aliphatic heterocycles. The number of carbonyl (C=O) groups excluding carboxylic acids is 2. The minimum absolute atomic E-state index is 0.240. The largest absolute Gasteiger partial charge is 0.444 e. The van der Waals surface area contributed by atoms with Crippen molar-refractivity contribution in [2.45, 2.75) is 58.4 Å². The van der Waals surface area contributed by atoms with E-state index in [1.54, 1.807) is 46.1 Å². The van der Waals surface area contributed by atoms with Gasteiger partial charge in [-0.1, -0.05) is 6.07 Å². The van der Waals surface area contributed by atoms with Crippen molar-refractivity contribution in [3.8, 4) is 0 Å². The van der Waals surface area contributed by atoms with Gasteiger partial charge in [0.2, 0.25) is 11.9 Å². The normalized spacial score (nSPS) is 20.3. The number of rotatable bonds is 4.